The number of nitrogens with zero attached hydrogens (tertiary/aromatic N) is 3. The number of rotatable bonds is 3. The van der Waals surface area contributed by atoms with Gasteiger partial charge in [0.15, 0.2) is 5.16 Å². The monoisotopic (exact) mass is 312 g/mol. The van der Waals surface area contributed by atoms with Gasteiger partial charge in [0.1, 0.15) is 0 Å². The van der Waals surface area contributed by atoms with Crippen molar-refractivity contribution < 1.29 is 0 Å². The third-order valence-corrected chi connectivity index (χ3v) is 4.39. The Labute approximate surface area is 133 Å². The topological polar surface area (TPSA) is 72.8 Å². The third kappa shape index (κ3) is 3.06. The van der Waals surface area contributed by atoms with Gasteiger partial charge in [0.25, 0.3) is 5.56 Å². The lowest BCUT2D eigenvalue weighted by Crippen LogP contribution is -2.35. The number of fused-ring (bicyclic) bond motifs is 1. The maximum absolute atomic E-state index is 12.2. The Morgan fingerprint density at radius 1 is 1.41 bits per heavy atom. The first-order valence-corrected chi connectivity index (χ1v) is 8.29. The highest BCUT2D eigenvalue weighted by Gasteiger charge is 2.21. The number of nitriles is 1. The highest BCUT2D eigenvalue weighted by atomic mass is 32.2. The number of nitrogens with one attached hydrogen (secondary N) is 1. The molecule has 1 aliphatic rings. The lowest BCUT2D eigenvalue weighted by atomic mass is 10.1. The van der Waals surface area contributed by atoms with Crippen LogP contribution in [0.15, 0.2) is 34.2 Å². The van der Waals surface area contributed by atoms with Crippen LogP contribution < -0.4 is 5.56 Å². The van der Waals surface area contributed by atoms with E-state index in [9.17, 15) is 4.79 Å². The summed E-state index contributed by atoms with van der Waals surface area (Å²) in [5.41, 5.74) is 3.48. The molecule has 22 heavy (non-hydrogen) atoms. The second-order valence-electron chi connectivity index (χ2n) is 5.27. The largest absolute Gasteiger partial charge is 0.301 e. The molecular formula is C16H16N4OS. The lowest BCUT2D eigenvalue weighted by Gasteiger charge is -2.27. The Balaban J connectivity index is 1.76. The van der Waals surface area contributed by atoms with Crippen molar-refractivity contribution in [2.24, 2.45) is 0 Å². The molecule has 1 aromatic carbocycles. The summed E-state index contributed by atoms with van der Waals surface area (Å²) in [6.07, 6.45) is 2.70. The molecule has 6 heteroatoms. The van der Waals surface area contributed by atoms with E-state index >= 15 is 0 Å². The minimum absolute atomic E-state index is 0.0288. The number of benzene rings is 1. The molecule has 0 amide bonds. The molecule has 0 spiro atoms. The van der Waals surface area contributed by atoms with Crippen LogP contribution in [0.1, 0.15) is 22.4 Å². The summed E-state index contributed by atoms with van der Waals surface area (Å²) in [7, 11) is 0. The zero-order valence-corrected chi connectivity index (χ0v) is 13.1. The molecule has 0 atom stereocenters. The Bertz CT molecular complexity index is 776. The highest BCUT2D eigenvalue weighted by molar-refractivity contribution is 7.98. The zero-order chi connectivity index (χ0) is 15.5. The maximum atomic E-state index is 12.2. The average Bonchev–Trinajstić information content (AvgIpc) is 2.56. The number of hydrogen-bond acceptors (Lipinski definition) is 5. The molecule has 1 aromatic heterocycles. The van der Waals surface area contributed by atoms with Crippen LogP contribution in [0.4, 0.5) is 0 Å². The van der Waals surface area contributed by atoms with Crippen molar-refractivity contribution in [2.75, 3.05) is 12.8 Å². The molecule has 0 radical (unpaired) electrons. The summed E-state index contributed by atoms with van der Waals surface area (Å²) in [6, 6.07) is 9.70. The number of thioether (sulfide) groups is 1. The molecule has 0 saturated carbocycles. The Kier molecular flexibility index (Phi) is 4.27. The van der Waals surface area contributed by atoms with Crippen LogP contribution in [0, 0.1) is 11.3 Å². The molecule has 0 fully saturated rings. The quantitative estimate of drug-likeness (QED) is 0.692. The van der Waals surface area contributed by atoms with E-state index < -0.39 is 0 Å². The van der Waals surface area contributed by atoms with Crippen LogP contribution in [0.5, 0.6) is 0 Å². The zero-order valence-electron chi connectivity index (χ0n) is 12.3. The Morgan fingerprint density at radius 2 is 2.18 bits per heavy atom. The molecule has 112 valence electrons. The van der Waals surface area contributed by atoms with Crippen molar-refractivity contribution in [3.8, 4) is 6.07 Å². The molecule has 1 aliphatic heterocycles. The Hall–Kier alpha value is -2.10. The fourth-order valence-corrected chi connectivity index (χ4v) is 3.03. The maximum Gasteiger partial charge on any atom is 0.256 e. The van der Waals surface area contributed by atoms with E-state index in [1.807, 2.05) is 30.5 Å². The fraction of sp³-hybridized carbons (Fsp3) is 0.312. The van der Waals surface area contributed by atoms with Crippen molar-refractivity contribution in [1.82, 2.24) is 14.9 Å². The number of aromatic nitrogens is 2. The molecule has 0 unspecified atom stereocenters. The molecule has 3 rings (SSSR count). The van der Waals surface area contributed by atoms with Gasteiger partial charge in [0.05, 0.1) is 22.9 Å². The summed E-state index contributed by atoms with van der Waals surface area (Å²) in [5, 5.41) is 9.51. The van der Waals surface area contributed by atoms with Gasteiger partial charge in [-0.2, -0.15) is 5.26 Å². The number of aromatic amines is 1. The van der Waals surface area contributed by atoms with E-state index in [-0.39, 0.29) is 5.56 Å². The predicted octanol–water partition coefficient (Wildman–Crippen LogP) is 1.92. The molecule has 0 bridgehead atoms. The van der Waals surface area contributed by atoms with Crippen LogP contribution >= 0.6 is 11.8 Å². The summed E-state index contributed by atoms with van der Waals surface area (Å²) in [6.45, 7) is 2.28. The summed E-state index contributed by atoms with van der Waals surface area (Å²) < 4.78 is 0. The molecule has 5 nitrogen and oxygen atoms in total. The van der Waals surface area contributed by atoms with Crippen molar-refractivity contribution in [3.63, 3.8) is 0 Å². The fourth-order valence-electron chi connectivity index (χ4n) is 2.63. The SMILES string of the molecule is CSc1nc2c(c(=O)[nH]1)CN(Cc1ccc(C#N)cc1)CC2. The van der Waals surface area contributed by atoms with E-state index in [4.69, 9.17) is 5.26 Å². The van der Waals surface area contributed by atoms with Crippen LogP contribution in [0.2, 0.25) is 0 Å². The minimum atomic E-state index is -0.0288. The summed E-state index contributed by atoms with van der Waals surface area (Å²) in [4.78, 5) is 21.7. The first-order valence-electron chi connectivity index (χ1n) is 7.07. The number of hydrogen-bond donors (Lipinski definition) is 1. The van der Waals surface area contributed by atoms with Crippen molar-refractivity contribution in [1.29, 1.82) is 5.26 Å². The second kappa shape index (κ2) is 6.34. The van der Waals surface area contributed by atoms with Crippen LogP contribution in [-0.4, -0.2) is 27.7 Å². The molecule has 2 aromatic rings. The lowest BCUT2D eigenvalue weighted by molar-refractivity contribution is 0.241. The smallest absolute Gasteiger partial charge is 0.256 e. The molecule has 0 aliphatic carbocycles. The molecule has 2 heterocycles. The van der Waals surface area contributed by atoms with Gasteiger partial charge in [-0.25, -0.2) is 4.98 Å². The summed E-state index contributed by atoms with van der Waals surface area (Å²) in [5.74, 6) is 0. The van der Waals surface area contributed by atoms with Gasteiger partial charge in [-0.3, -0.25) is 9.69 Å². The standard InChI is InChI=1S/C16H16N4OS/c1-22-16-18-14-6-7-20(10-13(14)15(21)19-16)9-12-4-2-11(8-17)3-5-12/h2-5H,6-7,9-10H2,1H3,(H,18,19,21). The van der Waals surface area contributed by atoms with Crippen molar-refractivity contribution >= 4 is 11.8 Å². The van der Waals surface area contributed by atoms with Gasteiger partial charge in [-0.15, -0.1) is 0 Å². The van der Waals surface area contributed by atoms with Gasteiger partial charge in [-0.05, 0) is 24.0 Å². The average molecular weight is 312 g/mol. The van der Waals surface area contributed by atoms with E-state index in [1.54, 1.807) is 0 Å². The summed E-state index contributed by atoms with van der Waals surface area (Å²) >= 11 is 1.46. The molecular weight excluding hydrogens is 296 g/mol. The van der Waals surface area contributed by atoms with Crippen molar-refractivity contribution in [3.05, 3.63) is 57.0 Å². The van der Waals surface area contributed by atoms with Crippen LogP contribution in [0.25, 0.3) is 0 Å². The van der Waals surface area contributed by atoms with Gasteiger partial charge in [0, 0.05) is 26.1 Å². The molecule has 1 N–H and O–H groups in total. The normalized spacial score (nSPS) is 14.4. The van der Waals surface area contributed by atoms with Gasteiger partial charge in [0.2, 0.25) is 0 Å². The first kappa shape index (κ1) is 14.8. The highest BCUT2D eigenvalue weighted by Crippen LogP contribution is 2.18. The van der Waals surface area contributed by atoms with E-state index in [0.717, 1.165) is 36.3 Å². The van der Waals surface area contributed by atoms with E-state index in [0.29, 0.717) is 17.3 Å². The van der Waals surface area contributed by atoms with Crippen molar-refractivity contribution in [2.45, 2.75) is 24.7 Å². The predicted molar refractivity (Wildman–Crippen MR) is 85.6 cm³/mol. The van der Waals surface area contributed by atoms with E-state index in [2.05, 4.69) is 20.9 Å². The molecule has 0 saturated heterocycles. The number of H-pyrrole nitrogens is 1. The minimum Gasteiger partial charge on any atom is -0.301 e. The Morgan fingerprint density at radius 3 is 2.86 bits per heavy atom. The van der Waals surface area contributed by atoms with E-state index in [1.165, 1.54) is 11.8 Å². The first-order chi connectivity index (χ1) is 10.7. The van der Waals surface area contributed by atoms with Gasteiger partial charge < -0.3 is 4.98 Å². The van der Waals surface area contributed by atoms with Crippen LogP contribution in [0.3, 0.4) is 0 Å². The second-order valence-corrected chi connectivity index (χ2v) is 6.06. The van der Waals surface area contributed by atoms with Gasteiger partial charge in [-0.1, -0.05) is 23.9 Å². The third-order valence-electron chi connectivity index (χ3n) is 3.81. The van der Waals surface area contributed by atoms with Gasteiger partial charge >= 0.3 is 0 Å². The van der Waals surface area contributed by atoms with Crippen LogP contribution in [-0.2, 0) is 19.5 Å².